The highest BCUT2D eigenvalue weighted by Gasteiger charge is 2.17. The zero-order valence-corrected chi connectivity index (χ0v) is 13.2. The molecule has 0 bridgehead atoms. The van der Waals surface area contributed by atoms with Crippen molar-refractivity contribution in [2.24, 2.45) is 4.99 Å². The van der Waals surface area contributed by atoms with Crippen LogP contribution >= 0.6 is 22.9 Å². The number of likely N-dealkylation sites (tertiary alicyclic amines) is 1. The Morgan fingerprint density at radius 3 is 2.81 bits per heavy atom. The molecule has 2 aromatic heterocycles. The van der Waals surface area contributed by atoms with Crippen molar-refractivity contribution in [3.05, 3.63) is 39.4 Å². The van der Waals surface area contributed by atoms with Gasteiger partial charge < -0.3 is 4.90 Å². The van der Waals surface area contributed by atoms with Crippen molar-refractivity contribution in [3.63, 3.8) is 0 Å². The Labute approximate surface area is 131 Å². The minimum absolute atomic E-state index is 0.162. The van der Waals surface area contributed by atoms with Gasteiger partial charge in [0.1, 0.15) is 5.15 Å². The number of thiazole rings is 1. The van der Waals surface area contributed by atoms with Crippen LogP contribution in [0, 0.1) is 6.92 Å². The third kappa shape index (κ3) is 3.16. The lowest BCUT2D eigenvalue weighted by Crippen LogP contribution is -2.27. The summed E-state index contributed by atoms with van der Waals surface area (Å²) in [5, 5.41) is 0.443. The number of nitrogens with zero attached hydrogens (tertiary/aromatic N) is 4. The van der Waals surface area contributed by atoms with E-state index in [0.29, 0.717) is 9.95 Å². The average Bonchev–Trinajstić information content (AvgIpc) is 3.09. The number of carbonyl (C=O) groups is 1. The first-order chi connectivity index (χ1) is 10.1. The highest BCUT2D eigenvalue weighted by atomic mass is 35.5. The van der Waals surface area contributed by atoms with Gasteiger partial charge in [-0.25, -0.2) is 9.78 Å². The lowest BCUT2D eigenvalue weighted by Gasteiger charge is -2.10. The molecule has 21 heavy (non-hydrogen) atoms. The number of carbonyl (C=O) groups excluding carboxylic acids is 1. The molecule has 0 unspecified atom stereocenters. The van der Waals surface area contributed by atoms with Gasteiger partial charge in [0.2, 0.25) is 0 Å². The summed E-state index contributed by atoms with van der Waals surface area (Å²) in [5.41, 5.74) is 0.844. The molecule has 1 saturated heterocycles. The van der Waals surface area contributed by atoms with E-state index in [4.69, 9.17) is 11.6 Å². The van der Waals surface area contributed by atoms with Crippen LogP contribution in [0.4, 0.5) is 4.79 Å². The molecular formula is C14H15ClN4OS. The molecule has 0 aromatic carbocycles. The summed E-state index contributed by atoms with van der Waals surface area (Å²) in [6.07, 6.45) is 5.75. The van der Waals surface area contributed by atoms with Crippen LogP contribution in [0.3, 0.4) is 0 Å². The van der Waals surface area contributed by atoms with Gasteiger partial charge in [0.25, 0.3) is 0 Å². The first-order valence-electron chi connectivity index (χ1n) is 6.78. The second-order valence-corrected chi connectivity index (χ2v) is 6.52. The average molecular weight is 323 g/mol. The maximum absolute atomic E-state index is 12.2. The molecule has 2 amide bonds. The van der Waals surface area contributed by atoms with Gasteiger partial charge in [-0.15, -0.1) is 11.3 Å². The number of pyridine rings is 1. The van der Waals surface area contributed by atoms with Crippen LogP contribution in [0.15, 0.2) is 29.5 Å². The van der Waals surface area contributed by atoms with E-state index in [1.807, 2.05) is 23.8 Å². The Bertz CT molecular complexity index is 713. The minimum Gasteiger partial charge on any atom is -0.323 e. The molecule has 0 spiro atoms. The topological polar surface area (TPSA) is 50.5 Å². The molecule has 7 heteroatoms. The van der Waals surface area contributed by atoms with Gasteiger partial charge in [-0.2, -0.15) is 4.99 Å². The molecule has 0 N–H and O–H groups in total. The Balaban J connectivity index is 1.99. The van der Waals surface area contributed by atoms with Gasteiger partial charge in [-0.3, -0.25) is 4.57 Å². The molecule has 0 aliphatic carbocycles. The number of hydrogen-bond acceptors (Lipinski definition) is 3. The first kappa shape index (κ1) is 14.3. The van der Waals surface area contributed by atoms with Crippen LogP contribution in [0.2, 0.25) is 5.15 Å². The number of aryl methyl sites for hydroxylation is 1. The zero-order valence-electron chi connectivity index (χ0n) is 11.6. The van der Waals surface area contributed by atoms with E-state index in [1.165, 1.54) is 11.3 Å². The van der Waals surface area contributed by atoms with Crippen LogP contribution in [0.1, 0.15) is 17.7 Å². The fourth-order valence-corrected chi connectivity index (χ4v) is 3.23. The van der Waals surface area contributed by atoms with Crippen LogP contribution in [0.5, 0.6) is 0 Å². The zero-order chi connectivity index (χ0) is 14.8. The van der Waals surface area contributed by atoms with Crippen molar-refractivity contribution in [2.75, 3.05) is 13.1 Å². The van der Waals surface area contributed by atoms with Gasteiger partial charge in [0.05, 0.1) is 11.9 Å². The van der Waals surface area contributed by atoms with Crippen molar-refractivity contribution >= 4 is 29.0 Å². The van der Waals surface area contributed by atoms with Crippen LogP contribution in [0.25, 0.3) is 5.69 Å². The molecule has 3 heterocycles. The standard InChI is InChI=1S/C14H15ClN4OS/c1-10-9-19(11-4-5-12(15)16-8-11)14(21-10)17-13(20)18-6-2-3-7-18/h4-5,8-9H,2-3,6-7H2,1H3. The van der Waals surface area contributed by atoms with Crippen LogP contribution in [-0.2, 0) is 0 Å². The van der Waals surface area contributed by atoms with Crippen molar-refractivity contribution < 1.29 is 4.79 Å². The molecule has 1 aliphatic heterocycles. The summed E-state index contributed by atoms with van der Waals surface area (Å²) in [6, 6.07) is 3.43. The normalized spacial score (nSPS) is 15.7. The third-order valence-electron chi connectivity index (χ3n) is 3.33. The molecule has 1 fully saturated rings. The largest absolute Gasteiger partial charge is 0.346 e. The monoisotopic (exact) mass is 322 g/mol. The van der Waals surface area contributed by atoms with Crippen LogP contribution in [-0.4, -0.2) is 33.6 Å². The molecule has 5 nitrogen and oxygen atoms in total. The highest BCUT2D eigenvalue weighted by molar-refractivity contribution is 7.09. The van der Waals surface area contributed by atoms with Gasteiger partial charge >= 0.3 is 6.03 Å². The van der Waals surface area contributed by atoms with E-state index in [9.17, 15) is 4.79 Å². The number of halogens is 1. The fourth-order valence-electron chi connectivity index (χ4n) is 2.29. The van der Waals surface area contributed by atoms with Gasteiger partial charge in [-0.05, 0) is 31.9 Å². The molecule has 1 aliphatic rings. The molecular weight excluding hydrogens is 308 g/mol. The SMILES string of the molecule is Cc1cn(-c2ccc(Cl)nc2)c(=NC(=O)N2CCCC2)s1. The predicted molar refractivity (Wildman–Crippen MR) is 83.0 cm³/mol. The summed E-state index contributed by atoms with van der Waals surface area (Å²) in [5.74, 6) is 0. The summed E-state index contributed by atoms with van der Waals surface area (Å²) < 4.78 is 1.87. The second-order valence-electron chi connectivity index (χ2n) is 4.92. The molecule has 2 aromatic rings. The Hall–Kier alpha value is -1.66. The maximum atomic E-state index is 12.2. The van der Waals surface area contributed by atoms with Crippen molar-refractivity contribution in [1.82, 2.24) is 14.5 Å². The third-order valence-corrected chi connectivity index (χ3v) is 4.45. The van der Waals surface area contributed by atoms with E-state index in [2.05, 4.69) is 9.98 Å². The Morgan fingerprint density at radius 1 is 1.38 bits per heavy atom. The fraction of sp³-hybridized carbons (Fsp3) is 0.357. The second kappa shape index (κ2) is 5.99. The van der Waals surface area contributed by atoms with Crippen molar-refractivity contribution in [1.29, 1.82) is 0 Å². The molecule has 0 atom stereocenters. The smallest absolute Gasteiger partial charge is 0.323 e. The maximum Gasteiger partial charge on any atom is 0.346 e. The Morgan fingerprint density at radius 2 is 2.14 bits per heavy atom. The number of aromatic nitrogens is 2. The van der Waals surface area contributed by atoms with E-state index in [-0.39, 0.29) is 6.03 Å². The van der Waals surface area contributed by atoms with E-state index >= 15 is 0 Å². The molecule has 110 valence electrons. The number of rotatable bonds is 1. The minimum atomic E-state index is -0.162. The number of hydrogen-bond donors (Lipinski definition) is 0. The van der Waals surface area contributed by atoms with Crippen LogP contribution < -0.4 is 4.80 Å². The van der Waals surface area contributed by atoms with Gasteiger partial charge in [0, 0.05) is 24.2 Å². The first-order valence-corrected chi connectivity index (χ1v) is 7.97. The molecule has 0 radical (unpaired) electrons. The molecule has 0 saturated carbocycles. The van der Waals surface area contributed by atoms with Crippen molar-refractivity contribution in [3.8, 4) is 5.69 Å². The van der Waals surface area contributed by atoms with Gasteiger partial charge in [0.15, 0.2) is 4.80 Å². The Kier molecular flexibility index (Phi) is 4.07. The van der Waals surface area contributed by atoms with E-state index in [1.54, 1.807) is 17.2 Å². The van der Waals surface area contributed by atoms with E-state index < -0.39 is 0 Å². The summed E-state index contributed by atoms with van der Waals surface area (Å²) >= 11 is 7.30. The highest BCUT2D eigenvalue weighted by Crippen LogP contribution is 2.13. The summed E-state index contributed by atoms with van der Waals surface area (Å²) in [6.45, 7) is 3.59. The number of amides is 2. The lowest BCUT2D eigenvalue weighted by molar-refractivity contribution is 0.218. The molecule has 3 rings (SSSR count). The van der Waals surface area contributed by atoms with E-state index in [0.717, 1.165) is 36.5 Å². The van der Waals surface area contributed by atoms with Gasteiger partial charge in [-0.1, -0.05) is 11.6 Å². The van der Waals surface area contributed by atoms with Crippen molar-refractivity contribution in [2.45, 2.75) is 19.8 Å². The summed E-state index contributed by atoms with van der Waals surface area (Å²) in [7, 11) is 0. The summed E-state index contributed by atoms with van der Waals surface area (Å²) in [4.78, 5) is 24.1. The lowest BCUT2D eigenvalue weighted by atomic mass is 10.4. The predicted octanol–water partition coefficient (Wildman–Crippen LogP) is 3.01. The number of urea groups is 1. The quantitative estimate of drug-likeness (QED) is 0.758.